The molecule has 2 aromatic rings. The molecule has 1 aromatic heterocycles. The second-order valence-electron chi connectivity index (χ2n) is 4.50. The van der Waals surface area contributed by atoms with Crippen molar-refractivity contribution in [1.29, 1.82) is 0 Å². The summed E-state index contributed by atoms with van der Waals surface area (Å²) in [5, 5.41) is 0. The number of benzene rings is 1. The Morgan fingerprint density at radius 3 is 2.33 bits per heavy atom. The third-order valence-corrected chi connectivity index (χ3v) is 4.31. The molecule has 0 radical (unpaired) electrons. The van der Waals surface area contributed by atoms with Crippen LogP contribution in [-0.4, -0.2) is 31.5 Å². The second kappa shape index (κ2) is 7.26. The molecular formula is C14H18N4O2S. The van der Waals surface area contributed by atoms with Gasteiger partial charge in [0.15, 0.2) is 5.82 Å². The van der Waals surface area contributed by atoms with Gasteiger partial charge in [-0.2, -0.15) is 0 Å². The van der Waals surface area contributed by atoms with Gasteiger partial charge in [0.05, 0.1) is 12.4 Å². The predicted molar refractivity (Wildman–Crippen MR) is 80.9 cm³/mol. The van der Waals surface area contributed by atoms with E-state index in [0.29, 0.717) is 25.3 Å². The van der Waals surface area contributed by atoms with Crippen molar-refractivity contribution in [2.24, 2.45) is 5.73 Å². The topological polar surface area (TPSA) is 98.0 Å². The molecule has 0 amide bonds. The number of sulfonamides is 1. The first-order chi connectivity index (χ1) is 10.1. The van der Waals surface area contributed by atoms with Gasteiger partial charge in [0.2, 0.25) is 10.0 Å². The first kappa shape index (κ1) is 15.6. The molecule has 6 nitrogen and oxygen atoms in total. The first-order valence-electron chi connectivity index (χ1n) is 6.71. The average Bonchev–Trinajstić information content (AvgIpc) is 2.53. The molecule has 0 bridgehead atoms. The van der Waals surface area contributed by atoms with Gasteiger partial charge in [0.25, 0.3) is 0 Å². The Kier molecular flexibility index (Phi) is 5.38. The van der Waals surface area contributed by atoms with Crippen molar-refractivity contribution < 1.29 is 8.42 Å². The normalized spacial score (nSPS) is 11.5. The number of hydrogen-bond donors (Lipinski definition) is 2. The van der Waals surface area contributed by atoms with Crippen molar-refractivity contribution in [2.75, 3.05) is 13.1 Å². The van der Waals surface area contributed by atoms with Gasteiger partial charge in [-0.1, -0.05) is 30.3 Å². The summed E-state index contributed by atoms with van der Waals surface area (Å²) >= 11 is 0. The summed E-state index contributed by atoms with van der Waals surface area (Å²) in [6.07, 6.45) is 4.13. The van der Waals surface area contributed by atoms with Crippen LogP contribution in [0.25, 0.3) is 11.4 Å². The lowest BCUT2D eigenvalue weighted by Gasteiger charge is -2.06. The fourth-order valence-electron chi connectivity index (χ4n) is 1.75. The van der Waals surface area contributed by atoms with Crippen molar-refractivity contribution in [3.05, 3.63) is 42.7 Å². The molecule has 0 spiro atoms. The Balaban J connectivity index is 2.08. The van der Waals surface area contributed by atoms with Gasteiger partial charge in [0, 0.05) is 12.1 Å². The third-order valence-electron chi connectivity index (χ3n) is 2.89. The van der Waals surface area contributed by atoms with E-state index in [4.69, 9.17) is 5.73 Å². The molecule has 0 unspecified atom stereocenters. The zero-order valence-corrected chi connectivity index (χ0v) is 12.4. The number of nitrogens with two attached hydrogens (primary N) is 1. The van der Waals surface area contributed by atoms with Gasteiger partial charge in [-0.15, -0.1) is 0 Å². The summed E-state index contributed by atoms with van der Waals surface area (Å²) in [5.74, 6) is 0.498. The smallest absolute Gasteiger partial charge is 0.243 e. The molecule has 0 aliphatic carbocycles. The molecule has 1 aromatic carbocycles. The Hall–Kier alpha value is -1.83. The number of nitrogens with one attached hydrogen (secondary N) is 1. The summed E-state index contributed by atoms with van der Waals surface area (Å²) < 4.78 is 26.5. The monoisotopic (exact) mass is 306 g/mol. The van der Waals surface area contributed by atoms with Crippen LogP contribution >= 0.6 is 0 Å². The predicted octanol–water partition coefficient (Wildman–Crippen LogP) is 1.16. The van der Waals surface area contributed by atoms with Crippen LogP contribution in [0.5, 0.6) is 0 Å². The maximum absolute atomic E-state index is 12.0. The first-order valence-corrected chi connectivity index (χ1v) is 8.19. The minimum atomic E-state index is -3.56. The van der Waals surface area contributed by atoms with E-state index in [-0.39, 0.29) is 4.90 Å². The molecule has 2 rings (SSSR count). The molecule has 0 saturated carbocycles. The van der Waals surface area contributed by atoms with Gasteiger partial charge in [-0.3, -0.25) is 0 Å². The largest absolute Gasteiger partial charge is 0.330 e. The SMILES string of the molecule is NCCCCNS(=O)(=O)c1cnc(-c2ccccc2)nc1. The fraction of sp³-hybridized carbons (Fsp3) is 0.286. The minimum Gasteiger partial charge on any atom is -0.330 e. The van der Waals surface area contributed by atoms with E-state index in [1.165, 1.54) is 12.4 Å². The molecule has 7 heteroatoms. The number of aromatic nitrogens is 2. The van der Waals surface area contributed by atoms with Gasteiger partial charge in [0.1, 0.15) is 4.90 Å². The Morgan fingerprint density at radius 1 is 1.05 bits per heavy atom. The molecule has 21 heavy (non-hydrogen) atoms. The van der Waals surface area contributed by atoms with E-state index in [1.54, 1.807) is 0 Å². The van der Waals surface area contributed by atoms with Gasteiger partial charge >= 0.3 is 0 Å². The number of unbranched alkanes of at least 4 members (excludes halogenated alkanes) is 1. The second-order valence-corrected chi connectivity index (χ2v) is 6.27. The lowest BCUT2D eigenvalue weighted by atomic mass is 10.2. The maximum Gasteiger partial charge on any atom is 0.243 e. The molecule has 0 aliphatic heterocycles. The van der Waals surface area contributed by atoms with E-state index in [1.807, 2.05) is 30.3 Å². The van der Waals surface area contributed by atoms with E-state index < -0.39 is 10.0 Å². The Morgan fingerprint density at radius 2 is 1.71 bits per heavy atom. The molecule has 0 aliphatic rings. The highest BCUT2D eigenvalue weighted by Crippen LogP contribution is 2.14. The molecule has 3 N–H and O–H groups in total. The van der Waals surface area contributed by atoms with Gasteiger partial charge in [-0.05, 0) is 19.4 Å². The average molecular weight is 306 g/mol. The number of nitrogens with zero attached hydrogens (tertiary/aromatic N) is 2. The van der Waals surface area contributed by atoms with E-state index in [2.05, 4.69) is 14.7 Å². The van der Waals surface area contributed by atoms with E-state index in [0.717, 1.165) is 12.0 Å². The number of hydrogen-bond acceptors (Lipinski definition) is 5. The molecule has 0 saturated heterocycles. The molecule has 112 valence electrons. The molecule has 0 fully saturated rings. The molecule has 1 heterocycles. The summed E-state index contributed by atoms with van der Waals surface area (Å²) in [6.45, 7) is 0.913. The van der Waals surface area contributed by atoms with Crippen LogP contribution in [0, 0.1) is 0 Å². The zero-order valence-electron chi connectivity index (χ0n) is 11.6. The highest BCUT2D eigenvalue weighted by atomic mass is 32.2. The fourth-order valence-corrected chi connectivity index (χ4v) is 2.71. The molecule has 0 atom stereocenters. The van der Waals surface area contributed by atoms with Crippen LogP contribution in [-0.2, 0) is 10.0 Å². The van der Waals surface area contributed by atoms with Crippen LogP contribution in [0.3, 0.4) is 0 Å². The lowest BCUT2D eigenvalue weighted by Crippen LogP contribution is -2.25. The quantitative estimate of drug-likeness (QED) is 0.748. The minimum absolute atomic E-state index is 0.0647. The van der Waals surface area contributed by atoms with Crippen LogP contribution in [0.4, 0.5) is 0 Å². The van der Waals surface area contributed by atoms with E-state index >= 15 is 0 Å². The molecular weight excluding hydrogens is 288 g/mol. The van der Waals surface area contributed by atoms with Crippen LogP contribution < -0.4 is 10.5 Å². The van der Waals surface area contributed by atoms with Gasteiger partial charge < -0.3 is 5.73 Å². The van der Waals surface area contributed by atoms with Crippen molar-refractivity contribution in [1.82, 2.24) is 14.7 Å². The van der Waals surface area contributed by atoms with E-state index in [9.17, 15) is 8.42 Å². The Labute approximate surface area is 124 Å². The van der Waals surface area contributed by atoms with Gasteiger partial charge in [-0.25, -0.2) is 23.1 Å². The van der Waals surface area contributed by atoms with Crippen molar-refractivity contribution >= 4 is 10.0 Å². The highest BCUT2D eigenvalue weighted by Gasteiger charge is 2.14. The summed E-state index contributed by atoms with van der Waals surface area (Å²) in [6, 6.07) is 9.39. The lowest BCUT2D eigenvalue weighted by molar-refractivity contribution is 0.576. The summed E-state index contributed by atoms with van der Waals surface area (Å²) in [4.78, 5) is 8.28. The highest BCUT2D eigenvalue weighted by molar-refractivity contribution is 7.89. The van der Waals surface area contributed by atoms with Crippen LogP contribution in [0.15, 0.2) is 47.6 Å². The Bertz CT molecular complexity index is 657. The van der Waals surface area contributed by atoms with Crippen molar-refractivity contribution in [3.8, 4) is 11.4 Å². The summed E-state index contributed by atoms with van der Waals surface area (Å²) in [7, 11) is -3.56. The van der Waals surface area contributed by atoms with Crippen LogP contribution in [0.2, 0.25) is 0 Å². The number of rotatable bonds is 7. The zero-order chi connectivity index (χ0) is 15.1. The van der Waals surface area contributed by atoms with Crippen molar-refractivity contribution in [2.45, 2.75) is 17.7 Å². The summed E-state index contributed by atoms with van der Waals surface area (Å²) in [5.41, 5.74) is 6.21. The van der Waals surface area contributed by atoms with Crippen LogP contribution in [0.1, 0.15) is 12.8 Å². The maximum atomic E-state index is 12.0. The van der Waals surface area contributed by atoms with Crippen molar-refractivity contribution in [3.63, 3.8) is 0 Å². The third kappa shape index (κ3) is 4.32. The standard InChI is InChI=1S/C14H18N4O2S/c15-8-4-5-9-18-21(19,20)13-10-16-14(17-11-13)12-6-2-1-3-7-12/h1-3,6-7,10-11,18H,4-5,8-9,15H2.